The Bertz CT molecular complexity index is 342. The summed E-state index contributed by atoms with van der Waals surface area (Å²) in [6.45, 7) is -0.563. The molecule has 0 aromatic heterocycles. The minimum absolute atomic E-state index is 0.114. The molecule has 0 aliphatic rings. The van der Waals surface area contributed by atoms with Crippen LogP contribution in [0.5, 0.6) is 5.75 Å². The molecule has 0 radical (unpaired) electrons. The predicted octanol–water partition coefficient (Wildman–Crippen LogP) is 2.93. The molecule has 0 spiro atoms. The lowest BCUT2D eigenvalue weighted by Crippen LogP contribution is -2.16. The summed E-state index contributed by atoms with van der Waals surface area (Å²) in [6.07, 6.45) is -0.606. The third-order valence-corrected chi connectivity index (χ3v) is 2.48. The van der Waals surface area contributed by atoms with Gasteiger partial charge in [0.05, 0.1) is 12.7 Å². The lowest BCUT2D eigenvalue weighted by molar-refractivity contribution is -0.0287. The maximum Gasteiger partial charge on any atom is 0.279 e. The molecule has 5 heteroatoms. The summed E-state index contributed by atoms with van der Waals surface area (Å²) in [5, 5.41) is 8.55. The third-order valence-electron chi connectivity index (χ3n) is 1.98. The molecule has 2 nitrogen and oxygen atoms in total. The third kappa shape index (κ3) is 2.89. The molecule has 0 heterocycles. The van der Waals surface area contributed by atoms with E-state index < -0.39 is 19.0 Å². The number of ether oxygens (including phenoxy) is 1. The zero-order valence-corrected chi connectivity index (χ0v) is 9.72. The zero-order chi connectivity index (χ0) is 11.5. The highest BCUT2D eigenvalue weighted by molar-refractivity contribution is 9.10. The molecule has 0 aliphatic carbocycles. The van der Waals surface area contributed by atoms with Gasteiger partial charge in [-0.15, -0.1) is 0 Å². The molecule has 0 aliphatic heterocycles. The van der Waals surface area contributed by atoms with Crippen molar-refractivity contribution in [3.8, 4) is 5.75 Å². The van der Waals surface area contributed by atoms with Crippen LogP contribution in [0.25, 0.3) is 0 Å². The molecule has 0 fully saturated rings. The van der Waals surface area contributed by atoms with Crippen LogP contribution < -0.4 is 4.74 Å². The van der Waals surface area contributed by atoms with Crippen molar-refractivity contribution in [3.63, 3.8) is 0 Å². The van der Waals surface area contributed by atoms with E-state index in [1.165, 1.54) is 25.3 Å². The lowest BCUT2D eigenvalue weighted by Gasteiger charge is -2.18. The van der Waals surface area contributed by atoms with E-state index in [1.807, 2.05) is 0 Å². The van der Waals surface area contributed by atoms with Crippen molar-refractivity contribution >= 4 is 15.9 Å². The van der Waals surface area contributed by atoms with E-state index in [2.05, 4.69) is 15.9 Å². The molecule has 0 saturated carbocycles. The van der Waals surface area contributed by atoms with Crippen LogP contribution in [0.15, 0.2) is 22.7 Å². The SMILES string of the molecule is COc1cc(Br)ccc1C(F)(F)CCO. The maximum absolute atomic E-state index is 13.5. The van der Waals surface area contributed by atoms with Crippen molar-refractivity contribution in [1.29, 1.82) is 0 Å². The number of benzene rings is 1. The Morgan fingerprint density at radius 3 is 2.67 bits per heavy atom. The molecule has 0 amide bonds. The fraction of sp³-hybridized carbons (Fsp3) is 0.400. The first-order valence-corrected chi connectivity index (χ1v) is 5.13. The molecule has 1 aromatic carbocycles. The highest BCUT2D eigenvalue weighted by Gasteiger charge is 2.33. The van der Waals surface area contributed by atoms with Gasteiger partial charge in [0.2, 0.25) is 0 Å². The van der Waals surface area contributed by atoms with Crippen LogP contribution in [0.2, 0.25) is 0 Å². The molecule has 1 rings (SSSR count). The molecule has 0 atom stereocenters. The summed E-state index contributed by atoms with van der Waals surface area (Å²) in [5.41, 5.74) is -0.206. The van der Waals surface area contributed by atoms with Crippen LogP contribution in [0, 0.1) is 0 Å². The zero-order valence-electron chi connectivity index (χ0n) is 8.14. The van der Waals surface area contributed by atoms with Crippen LogP contribution in [-0.2, 0) is 5.92 Å². The van der Waals surface area contributed by atoms with Crippen LogP contribution in [-0.4, -0.2) is 18.8 Å². The molecule has 0 unspecified atom stereocenters. The first kappa shape index (κ1) is 12.4. The Morgan fingerprint density at radius 2 is 2.13 bits per heavy atom. The summed E-state index contributed by atoms with van der Waals surface area (Å²) in [6, 6.07) is 4.28. The molecule has 15 heavy (non-hydrogen) atoms. The number of aliphatic hydroxyl groups excluding tert-OH is 1. The summed E-state index contributed by atoms with van der Waals surface area (Å²) in [5.74, 6) is -2.95. The molecular formula is C10H11BrF2O2. The standard InChI is InChI=1S/C10H11BrF2O2/c1-15-9-6-7(11)2-3-8(9)10(12,13)4-5-14/h2-3,6,14H,4-5H2,1H3. The van der Waals surface area contributed by atoms with E-state index in [9.17, 15) is 8.78 Å². The quantitative estimate of drug-likeness (QED) is 0.919. The average molecular weight is 281 g/mol. The number of methoxy groups -OCH3 is 1. The van der Waals surface area contributed by atoms with Gasteiger partial charge in [-0.05, 0) is 18.2 Å². The molecule has 0 saturated heterocycles. The second kappa shape index (κ2) is 4.90. The first-order chi connectivity index (χ1) is 7.01. The Morgan fingerprint density at radius 1 is 1.47 bits per heavy atom. The second-order valence-electron chi connectivity index (χ2n) is 3.02. The summed E-state index contributed by atoms with van der Waals surface area (Å²) < 4.78 is 32.5. The Hall–Kier alpha value is -0.680. The van der Waals surface area contributed by atoms with Gasteiger partial charge < -0.3 is 9.84 Å². The largest absolute Gasteiger partial charge is 0.496 e. The highest BCUT2D eigenvalue weighted by Crippen LogP contribution is 2.38. The number of halogens is 3. The number of hydrogen-bond acceptors (Lipinski definition) is 2. The van der Waals surface area contributed by atoms with Gasteiger partial charge in [-0.25, -0.2) is 8.78 Å². The summed E-state index contributed by atoms with van der Waals surface area (Å²) in [7, 11) is 1.33. The molecule has 1 N–H and O–H groups in total. The van der Waals surface area contributed by atoms with E-state index in [-0.39, 0.29) is 11.3 Å². The smallest absolute Gasteiger partial charge is 0.279 e. The normalized spacial score (nSPS) is 11.5. The van der Waals surface area contributed by atoms with Gasteiger partial charge >= 0.3 is 0 Å². The van der Waals surface area contributed by atoms with Crippen molar-refractivity contribution in [3.05, 3.63) is 28.2 Å². The van der Waals surface area contributed by atoms with E-state index in [4.69, 9.17) is 9.84 Å². The molecular weight excluding hydrogens is 270 g/mol. The van der Waals surface area contributed by atoms with Gasteiger partial charge in [-0.3, -0.25) is 0 Å². The Labute approximate surface area is 95.0 Å². The van der Waals surface area contributed by atoms with Crippen molar-refractivity contribution in [2.24, 2.45) is 0 Å². The van der Waals surface area contributed by atoms with Gasteiger partial charge in [0.15, 0.2) is 0 Å². The minimum atomic E-state index is -3.07. The molecule has 84 valence electrons. The fourth-order valence-electron chi connectivity index (χ4n) is 1.24. The van der Waals surface area contributed by atoms with E-state index in [0.717, 1.165) is 0 Å². The van der Waals surface area contributed by atoms with E-state index >= 15 is 0 Å². The summed E-state index contributed by atoms with van der Waals surface area (Å²) >= 11 is 3.17. The van der Waals surface area contributed by atoms with Gasteiger partial charge in [-0.2, -0.15) is 0 Å². The highest BCUT2D eigenvalue weighted by atomic mass is 79.9. The lowest BCUT2D eigenvalue weighted by atomic mass is 10.0. The van der Waals surface area contributed by atoms with Crippen LogP contribution in [0.3, 0.4) is 0 Å². The van der Waals surface area contributed by atoms with Crippen molar-refractivity contribution in [1.82, 2.24) is 0 Å². The summed E-state index contributed by atoms with van der Waals surface area (Å²) in [4.78, 5) is 0. The monoisotopic (exact) mass is 280 g/mol. The number of hydrogen-bond donors (Lipinski definition) is 1. The topological polar surface area (TPSA) is 29.5 Å². The van der Waals surface area contributed by atoms with Crippen LogP contribution in [0.4, 0.5) is 8.78 Å². The van der Waals surface area contributed by atoms with Crippen molar-refractivity contribution in [2.45, 2.75) is 12.3 Å². The minimum Gasteiger partial charge on any atom is -0.496 e. The van der Waals surface area contributed by atoms with E-state index in [1.54, 1.807) is 0 Å². The fourth-order valence-corrected chi connectivity index (χ4v) is 1.58. The van der Waals surface area contributed by atoms with Crippen molar-refractivity contribution < 1.29 is 18.6 Å². The van der Waals surface area contributed by atoms with Crippen molar-refractivity contribution in [2.75, 3.05) is 13.7 Å². The van der Waals surface area contributed by atoms with Gasteiger partial charge in [0.25, 0.3) is 5.92 Å². The maximum atomic E-state index is 13.5. The van der Waals surface area contributed by atoms with Crippen LogP contribution >= 0.6 is 15.9 Å². The Kier molecular flexibility index (Phi) is 4.04. The molecule has 0 bridgehead atoms. The number of aliphatic hydroxyl groups is 1. The van der Waals surface area contributed by atoms with Gasteiger partial charge in [0, 0.05) is 17.5 Å². The number of alkyl halides is 2. The van der Waals surface area contributed by atoms with Gasteiger partial charge in [-0.1, -0.05) is 15.9 Å². The average Bonchev–Trinajstić information content (AvgIpc) is 2.17. The number of rotatable bonds is 4. The van der Waals surface area contributed by atoms with Gasteiger partial charge in [0.1, 0.15) is 5.75 Å². The van der Waals surface area contributed by atoms with Crippen LogP contribution in [0.1, 0.15) is 12.0 Å². The van der Waals surface area contributed by atoms with E-state index in [0.29, 0.717) is 4.47 Å². The first-order valence-electron chi connectivity index (χ1n) is 4.34. The Balaban J connectivity index is 3.12. The predicted molar refractivity (Wildman–Crippen MR) is 56.3 cm³/mol. The molecule has 1 aromatic rings. The second-order valence-corrected chi connectivity index (χ2v) is 3.94.